The van der Waals surface area contributed by atoms with E-state index in [0.29, 0.717) is 0 Å². The zero-order valence-electron chi connectivity index (χ0n) is 3.65. The standard InChI is InChI=1S/C6H7/c1-3-5-6-4-2/h3,5-6H,1-2H2/b6-5+. The third-order valence-corrected chi connectivity index (χ3v) is 0.350. The smallest absolute Gasteiger partial charge is 0.0262 e. The van der Waals surface area contributed by atoms with E-state index in [4.69, 9.17) is 0 Å². The third-order valence-electron chi connectivity index (χ3n) is 0.350. The van der Waals surface area contributed by atoms with E-state index >= 15 is 0 Å². The first-order valence-corrected chi connectivity index (χ1v) is 1.72. The Morgan fingerprint density at radius 3 is 2.33 bits per heavy atom. The lowest BCUT2D eigenvalue weighted by Crippen LogP contribution is -1.39. The molecule has 0 N–H and O–H groups in total. The van der Waals surface area contributed by atoms with Crippen LogP contribution in [0.1, 0.15) is 0 Å². The van der Waals surface area contributed by atoms with Gasteiger partial charge in [0.1, 0.15) is 0 Å². The Hall–Kier alpha value is -0.780. The van der Waals surface area contributed by atoms with Crippen LogP contribution in [-0.4, -0.2) is 0 Å². The van der Waals surface area contributed by atoms with Crippen molar-refractivity contribution in [3.05, 3.63) is 37.5 Å². The van der Waals surface area contributed by atoms with Gasteiger partial charge in [0.2, 0.25) is 0 Å². The number of hydrogen-bond donors (Lipinski definition) is 0. The maximum Gasteiger partial charge on any atom is -0.0262 e. The lowest BCUT2D eigenvalue weighted by atomic mass is 10.5. The van der Waals surface area contributed by atoms with Crippen LogP contribution in [0.4, 0.5) is 0 Å². The van der Waals surface area contributed by atoms with E-state index in [1.54, 1.807) is 18.2 Å². The molecule has 0 aliphatic rings. The molecule has 0 saturated heterocycles. The van der Waals surface area contributed by atoms with Crippen LogP contribution >= 0.6 is 0 Å². The monoisotopic (exact) mass is 79.1 g/mol. The van der Waals surface area contributed by atoms with Crippen molar-refractivity contribution < 1.29 is 0 Å². The minimum absolute atomic E-state index is 1.68. The largest absolute Gasteiger partial charge is 0.0991 e. The van der Waals surface area contributed by atoms with Crippen LogP contribution in [0.3, 0.4) is 0 Å². The lowest BCUT2D eigenvalue weighted by Gasteiger charge is -1.59. The lowest BCUT2D eigenvalue weighted by molar-refractivity contribution is 1.92. The van der Waals surface area contributed by atoms with Gasteiger partial charge >= 0.3 is 0 Å². The molecule has 0 fully saturated rings. The summed E-state index contributed by atoms with van der Waals surface area (Å²) in [5.74, 6) is 0. The van der Waals surface area contributed by atoms with Crippen LogP contribution in [0.15, 0.2) is 31.4 Å². The first-order chi connectivity index (χ1) is 2.91. The van der Waals surface area contributed by atoms with Crippen LogP contribution in [0.2, 0.25) is 0 Å². The van der Waals surface area contributed by atoms with Crippen molar-refractivity contribution in [2.75, 3.05) is 0 Å². The first kappa shape index (κ1) is 5.22. The Morgan fingerprint density at radius 1 is 1.50 bits per heavy atom. The van der Waals surface area contributed by atoms with Crippen LogP contribution in [0.25, 0.3) is 0 Å². The van der Waals surface area contributed by atoms with Gasteiger partial charge in [0, 0.05) is 0 Å². The van der Waals surface area contributed by atoms with Crippen molar-refractivity contribution in [1.29, 1.82) is 0 Å². The molecular formula is C6H7. The fourth-order valence-corrected chi connectivity index (χ4v) is 0.136. The van der Waals surface area contributed by atoms with E-state index in [1.165, 1.54) is 0 Å². The SMILES string of the molecule is C=[C]/C=C/C=C. The predicted molar refractivity (Wildman–Crippen MR) is 28.2 cm³/mol. The molecule has 0 aromatic carbocycles. The maximum atomic E-state index is 3.44. The zero-order chi connectivity index (χ0) is 4.83. The molecule has 0 amide bonds. The summed E-state index contributed by atoms with van der Waals surface area (Å²) in [6.45, 7) is 6.78. The van der Waals surface area contributed by atoms with Crippen molar-refractivity contribution in [2.45, 2.75) is 0 Å². The molecule has 1 radical (unpaired) electrons. The van der Waals surface area contributed by atoms with Crippen molar-refractivity contribution in [3.8, 4) is 0 Å². The zero-order valence-corrected chi connectivity index (χ0v) is 3.65. The minimum Gasteiger partial charge on any atom is -0.0991 e. The molecule has 0 nitrogen and oxygen atoms in total. The van der Waals surface area contributed by atoms with Gasteiger partial charge in [-0.15, -0.1) is 0 Å². The normalized spacial score (nSPS) is 8.67. The second kappa shape index (κ2) is 4.22. The molecule has 0 heterocycles. The second-order valence-electron chi connectivity index (χ2n) is 0.799. The summed E-state index contributed by atoms with van der Waals surface area (Å²) in [4.78, 5) is 0. The Kier molecular flexibility index (Phi) is 3.67. The summed E-state index contributed by atoms with van der Waals surface area (Å²) in [5.41, 5.74) is 0. The van der Waals surface area contributed by atoms with Gasteiger partial charge < -0.3 is 0 Å². The topological polar surface area (TPSA) is 0 Å². The second-order valence-corrected chi connectivity index (χ2v) is 0.799. The molecule has 0 aliphatic carbocycles. The summed E-state index contributed by atoms with van der Waals surface area (Å²) < 4.78 is 0. The Labute approximate surface area is 38.5 Å². The van der Waals surface area contributed by atoms with Crippen molar-refractivity contribution in [2.24, 2.45) is 0 Å². The fourth-order valence-electron chi connectivity index (χ4n) is 0.136. The number of hydrogen-bond acceptors (Lipinski definition) is 0. The predicted octanol–water partition coefficient (Wildman–Crippen LogP) is 1.72. The molecule has 0 saturated carbocycles. The molecule has 0 aromatic rings. The Bertz CT molecular complexity index is 58.1. The Morgan fingerprint density at radius 2 is 2.17 bits per heavy atom. The highest BCUT2D eigenvalue weighted by atomic mass is 13.5. The first-order valence-electron chi connectivity index (χ1n) is 1.72. The Balaban J connectivity index is 3.17. The molecule has 0 bridgehead atoms. The minimum atomic E-state index is 1.68. The summed E-state index contributed by atoms with van der Waals surface area (Å²) in [7, 11) is 0. The molecule has 0 aliphatic heterocycles. The highest BCUT2D eigenvalue weighted by molar-refractivity contribution is 5.01. The average Bonchev–Trinajstić information content (AvgIpc) is 1.61. The molecule has 0 rings (SSSR count). The molecule has 0 heteroatoms. The highest BCUT2D eigenvalue weighted by Gasteiger charge is 1.48. The number of rotatable bonds is 2. The molecular weight excluding hydrogens is 72.1 g/mol. The number of allylic oxidation sites excluding steroid dienone is 4. The summed E-state index contributed by atoms with van der Waals surface area (Å²) in [6, 6.07) is 0. The summed E-state index contributed by atoms with van der Waals surface area (Å²) in [5, 5.41) is 0. The van der Waals surface area contributed by atoms with Crippen molar-refractivity contribution >= 4 is 0 Å². The maximum absolute atomic E-state index is 3.44. The molecule has 31 valence electrons. The fraction of sp³-hybridized carbons (Fsp3) is 0. The highest BCUT2D eigenvalue weighted by Crippen LogP contribution is 1.68. The molecule has 0 aromatic heterocycles. The average molecular weight is 79.1 g/mol. The van der Waals surface area contributed by atoms with Gasteiger partial charge in [-0.3, -0.25) is 0 Å². The van der Waals surface area contributed by atoms with E-state index < -0.39 is 0 Å². The van der Waals surface area contributed by atoms with Crippen molar-refractivity contribution in [3.63, 3.8) is 0 Å². The van der Waals surface area contributed by atoms with Gasteiger partial charge in [-0.25, -0.2) is 0 Å². The van der Waals surface area contributed by atoms with Gasteiger partial charge in [-0.05, 0) is 6.08 Å². The van der Waals surface area contributed by atoms with E-state index in [2.05, 4.69) is 19.2 Å². The van der Waals surface area contributed by atoms with Crippen LogP contribution in [-0.2, 0) is 0 Å². The molecule has 0 unspecified atom stereocenters. The van der Waals surface area contributed by atoms with E-state index in [0.717, 1.165) is 0 Å². The van der Waals surface area contributed by atoms with Gasteiger partial charge in [-0.2, -0.15) is 0 Å². The van der Waals surface area contributed by atoms with Crippen LogP contribution < -0.4 is 0 Å². The van der Waals surface area contributed by atoms with Crippen LogP contribution in [0.5, 0.6) is 0 Å². The summed E-state index contributed by atoms with van der Waals surface area (Å²) in [6.07, 6.45) is 7.72. The summed E-state index contributed by atoms with van der Waals surface area (Å²) >= 11 is 0. The van der Waals surface area contributed by atoms with Gasteiger partial charge in [0.15, 0.2) is 0 Å². The van der Waals surface area contributed by atoms with Gasteiger partial charge in [0.25, 0.3) is 0 Å². The quantitative estimate of drug-likeness (QED) is 0.442. The van der Waals surface area contributed by atoms with Crippen LogP contribution in [0, 0.1) is 6.08 Å². The molecule has 0 spiro atoms. The van der Waals surface area contributed by atoms with E-state index in [1.807, 2.05) is 0 Å². The van der Waals surface area contributed by atoms with E-state index in [-0.39, 0.29) is 0 Å². The third kappa shape index (κ3) is 3.22. The van der Waals surface area contributed by atoms with Crippen molar-refractivity contribution in [1.82, 2.24) is 0 Å². The molecule has 6 heavy (non-hydrogen) atoms. The van der Waals surface area contributed by atoms with E-state index in [9.17, 15) is 0 Å². The van der Waals surface area contributed by atoms with Gasteiger partial charge in [-0.1, -0.05) is 31.4 Å². The molecule has 0 atom stereocenters. The van der Waals surface area contributed by atoms with Gasteiger partial charge in [0.05, 0.1) is 0 Å².